The molecule has 0 spiro atoms. The molecule has 0 saturated carbocycles. The summed E-state index contributed by atoms with van der Waals surface area (Å²) in [6.45, 7) is 0. The summed E-state index contributed by atoms with van der Waals surface area (Å²) in [7, 11) is 0. The SMILES string of the molecule is c1ccc(-c2csc(-c3ccc(-c4ccc5c6ccccc6c6ccccc6c5c4)c(-c4cccc5c4Sc4ccccc4S5)c3)c2)cc1. The van der Waals surface area contributed by atoms with Gasteiger partial charge in [0.1, 0.15) is 0 Å². The van der Waals surface area contributed by atoms with Crippen molar-refractivity contribution in [3.63, 3.8) is 0 Å². The summed E-state index contributed by atoms with van der Waals surface area (Å²) in [5.74, 6) is 0. The Balaban J connectivity index is 1.20. The maximum Gasteiger partial charge on any atom is 0.0349 e. The molecule has 10 rings (SSSR count). The highest BCUT2D eigenvalue weighted by Crippen LogP contribution is 2.53. The molecule has 1 aliphatic rings. The number of hydrogen-bond acceptors (Lipinski definition) is 3. The van der Waals surface area contributed by atoms with E-state index < -0.39 is 0 Å². The summed E-state index contributed by atoms with van der Waals surface area (Å²) in [5, 5.41) is 10.1. The molecule has 0 N–H and O–H groups in total. The molecular formula is C46H28S3. The van der Waals surface area contributed by atoms with Crippen LogP contribution in [0.15, 0.2) is 189 Å². The van der Waals surface area contributed by atoms with Crippen LogP contribution in [0.25, 0.3) is 76.1 Å². The van der Waals surface area contributed by atoms with Crippen molar-refractivity contribution in [1.29, 1.82) is 0 Å². The van der Waals surface area contributed by atoms with Crippen molar-refractivity contribution in [2.24, 2.45) is 0 Å². The average Bonchev–Trinajstić information content (AvgIpc) is 3.68. The molecule has 0 saturated heterocycles. The van der Waals surface area contributed by atoms with E-state index in [1.54, 1.807) is 0 Å². The van der Waals surface area contributed by atoms with Gasteiger partial charge < -0.3 is 0 Å². The Morgan fingerprint density at radius 3 is 1.67 bits per heavy atom. The Labute approximate surface area is 298 Å². The van der Waals surface area contributed by atoms with Gasteiger partial charge in [-0.25, -0.2) is 0 Å². The van der Waals surface area contributed by atoms with Crippen LogP contribution in [-0.4, -0.2) is 0 Å². The third-order valence-corrected chi connectivity index (χ3v) is 13.2. The zero-order chi connectivity index (χ0) is 32.3. The van der Waals surface area contributed by atoms with Crippen molar-refractivity contribution >= 4 is 67.2 Å². The van der Waals surface area contributed by atoms with Crippen LogP contribution in [-0.2, 0) is 0 Å². The summed E-state index contributed by atoms with van der Waals surface area (Å²) in [6.07, 6.45) is 0. The lowest BCUT2D eigenvalue weighted by Gasteiger charge is -2.22. The maximum atomic E-state index is 2.43. The molecule has 8 aromatic carbocycles. The molecule has 0 amide bonds. The van der Waals surface area contributed by atoms with Crippen molar-refractivity contribution in [2.45, 2.75) is 19.6 Å². The Morgan fingerprint density at radius 1 is 0.306 bits per heavy atom. The van der Waals surface area contributed by atoms with Gasteiger partial charge in [0, 0.05) is 24.5 Å². The zero-order valence-corrected chi connectivity index (χ0v) is 28.8. The van der Waals surface area contributed by atoms with E-state index in [-0.39, 0.29) is 0 Å². The maximum absolute atomic E-state index is 2.43. The van der Waals surface area contributed by atoms with Crippen molar-refractivity contribution in [3.05, 3.63) is 169 Å². The minimum Gasteiger partial charge on any atom is -0.143 e. The fourth-order valence-electron chi connectivity index (χ4n) is 7.28. The van der Waals surface area contributed by atoms with Gasteiger partial charge >= 0.3 is 0 Å². The van der Waals surface area contributed by atoms with Crippen LogP contribution in [0.4, 0.5) is 0 Å². The van der Waals surface area contributed by atoms with Crippen molar-refractivity contribution in [1.82, 2.24) is 0 Å². The summed E-state index contributed by atoms with van der Waals surface area (Å²) in [5.41, 5.74) is 8.79. The van der Waals surface area contributed by atoms with Gasteiger partial charge in [0.15, 0.2) is 0 Å². The van der Waals surface area contributed by atoms with E-state index in [9.17, 15) is 0 Å². The Morgan fingerprint density at radius 2 is 0.918 bits per heavy atom. The van der Waals surface area contributed by atoms with Gasteiger partial charge in [-0.1, -0.05) is 151 Å². The van der Waals surface area contributed by atoms with Gasteiger partial charge in [-0.2, -0.15) is 0 Å². The first-order chi connectivity index (χ1) is 24.3. The minimum absolute atomic E-state index is 1.23. The van der Waals surface area contributed by atoms with Gasteiger partial charge in [-0.05, 0) is 113 Å². The van der Waals surface area contributed by atoms with Crippen LogP contribution in [0.2, 0.25) is 0 Å². The standard InChI is InChI=1S/C46H28S3/c1-2-11-29(12-3-1)32-27-45(47-28-32)31-22-23-33(40(26-31)39-17-10-20-44-46(39)49-43-19-9-8-18-42(43)48-44)30-21-24-38-36-15-5-4-13-34(36)35-14-6-7-16-37(35)41(38)25-30/h1-28H. The molecule has 230 valence electrons. The van der Waals surface area contributed by atoms with Crippen molar-refractivity contribution < 1.29 is 0 Å². The first-order valence-electron chi connectivity index (χ1n) is 16.5. The fraction of sp³-hybridized carbons (Fsp3) is 0. The summed E-state index contributed by atoms with van der Waals surface area (Å²) in [6, 6.07) is 60.5. The summed E-state index contributed by atoms with van der Waals surface area (Å²) < 4.78 is 0. The number of rotatable bonds is 4. The predicted molar refractivity (Wildman–Crippen MR) is 213 cm³/mol. The number of benzene rings is 8. The number of fused-ring (bicyclic) bond motifs is 8. The van der Waals surface area contributed by atoms with E-state index in [2.05, 4.69) is 169 Å². The Hall–Kier alpha value is -5.06. The van der Waals surface area contributed by atoms with Crippen LogP contribution < -0.4 is 0 Å². The van der Waals surface area contributed by atoms with E-state index in [4.69, 9.17) is 0 Å². The Kier molecular flexibility index (Phi) is 6.97. The molecule has 0 bridgehead atoms. The third kappa shape index (κ3) is 4.92. The van der Waals surface area contributed by atoms with Gasteiger partial charge in [0.2, 0.25) is 0 Å². The second-order valence-corrected chi connectivity index (χ2v) is 15.5. The first kappa shape index (κ1) is 28.9. The second-order valence-electron chi connectivity index (χ2n) is 12.5. The molecule has 2 heterocycles. The van der Waals surface area contributed by atoms with Crippen molar-refractivity contribution in [3.8, 4) is 43.8 Å². The Bertz CT molecular complexity index is 2680. The zero-order valence-electron chi connectivity index (χ0n) is 26.4. The first-order valence-corrected chi connectivity index (χ1v) is 19.0. The molecule has 0 aliphatic carbocycles. The lowest BCUT2D eigenvalue weighted by atomic mass is 9.89. The molecule has 49 heavy (non-hydrogen) atoms. The van der Waals surface area contributed by atoms with Gasteiger partial charge in [-0.3, -0.25) is 0 Å². The van der Waals surface area contributed by atoms with Crippen molar-refractivity contribution in [2.75, 3.05) is 0 Å². The summed E-state index contributed by atoms with van der Waals surface area (Å²) in [4.78, 5) is 6.57. The predicted octanol–water partition coefficient (Wildman–Crippen LogP) is 14.5. The van der Waals surface area contributed by atoms with Gasteiger partial charge in [0.05, 0.1) is 0 Å². The molecule has 0 nitrogen and oxygen atoms in total. The lowest BCUT2D eigenvalue weighted by molar-refractivity contribution is 1.16. The van der Waals surface area contributed by atoms with Gasteiger partial charge in [-0.15, -0.1) is 11.3 Å². The molecule has 3 heteroatoms. The average molecular weight is 677 g/mol. The second kappa shape index (κ2) is 11.8. The fourth-order valence-corrected chi connectivity index (χ4v) is 10.6. The van der Waals surface area contributed by atoms with Crippen LogP contribution >= 0.6 is 34.9 Å². The highest BCUT2D eigenvalue weighted by Gasteiger charge is 2.23. The van der Waals surface area contributed by atoms with Crippen LogP contribution in [0, 0.1) is 0 Å². The monoisotopic (exact) mass is 676 g/mol. The molecule has 0 atom stereocenters. The van der Waals surface area contributed by atoms with E-state index in [1.807, 2.05) is 34.9 Å². The molecule has 0 fully saturated rings. The molecule has 0 radical (unpaired) electrons. The van der Waals surface area contributed by atoms with Gasteiger partial charge in [0.25, 0.3) is 0 Å². The summed E-state index contributed by atoms with van der Waals surface area (Å²) >= 11 is 5.60. The van der Waals surface area contributed by atoms with Crippen LogP contribution in [0.3, 0.4) is 0 Å². The smallest absolute Gasteiger partial charge is 0.0349 e. The molecule has 0 unspecified atom stereocenters. The third-order valence-electron chi connectivity index (χ3n) is 9.62. The van der Waals surface area contributed by atoms with E-state index in [1.165, 1.54) is 95.7 Å². The molecular weight excluding hydrogens is 649 g/mol. The van der Waals surface area contributed by atoms with E-state index in [0.29, 0.717) is 0 Å². The molecule has 9 aromatic rings. The van der Waals surface area contributed by atoms with Crippen LogP contribution in [0.5, 0.6) is 0 Å². The molecule has 1 aromatic heterocycles. The topological polar surface area (TPSA) is 0 Å². The quantitative estimate of drug-likeness (QED) is 0.170. The lowest BCUT2D eigenvalue weighted by Crippen LogP contribution is -1.94. The normalized spacial score (nSPS) is 12.3. The highest BCUT2D eigenvalue weighted by molar-refractivity contribution is 8.05. The van der Waals surface area contributed by atoms with Crippen LogP contribution in [0.1, 0.15) is 0 Å². The number of hydrogen-bond donors (Lipinski definition) is 0. The van der Waals surface area contributed by atoms with E-state index in [0.717, 1.165) is 0 Å². The largest absolute Gasteiger partial charge is 0.143 e. The highest BCUT2D eigenvalue weighted by atomic mass is 32.2. The number of thiophene rings is 1. The van der Waals surface area contributed by atoms with E-state index >= 15 is 0 Å². The molecule has 1 aliphatic heterocycles. The minimum atomic E-state index is 1.23.